The minimum Gasteiger partial charge on any atom is -0.480 e. The van der Waals surface area contributed by atoms with Crippen molar-refractivity contribution in [2.45, 2.75) is 25.8 Å². The Hall–Kier alpha value is -2.24. The number of carbonyl (C=O) groups is 4. The van der Waals surface area contributed by atoms with E-state index in [1.807, 2.05) is 11.8 Å². The highest BCUT2D eigenvalue weighted by atomic mass is 16.4. The third-order valence-electron chi connectivity index (χ3n) is 4.15. The number of primary amides is 1. The largest absolute Gasteiger partial charge is 0.480 e. The SMILES string of the molecule is CCCC(C(=O)O)N1CCN(CC(=O)O)CCN(CC(=O)O)CC1.NC=O. The molecule has 0 aliphatic carbocycles. The van der Waals surface area contributed by atoms with Crippen LogP contribution in [-0.4, -0.2) is 113 Å². The minimum atomic E-state index is -0.950. The van der Waals surface area contributed by atoms with Gasteiger partial charge in [0.05, 0.1) is 13.1 Å². The highest BCUT2D eigenvalue weighted by Gasteiger charge is 2.27. The van der Waals surface area contributed by atoms with Crippen LogP contribution in [0.1, 0.15) is 19.8 Å². The maximum atomic E-state index is 11.5. The number of amides is 1. The lowest BCUT2D eigenvalue weighted by molar-refractivity contribution is -0.144. The van der Waals surface area contributed by atoms with Gasteiger partial charge < -0.3 is 21.1 Å². The fourth-order valence-electron chi connectivity index (χ4n) is 2.90. The summed E-state index contributed by atoms with van der Waals surface area (Å²) in [6.45, 7) is 4.32. The first kappa shape index (κ1) is 24.8. The predicted octanol–water partition coefficient (Wildman–Crippen LogP) is -1.57. The van der Waals surface area contributed by atoms with Gasteiger partial charge in [0.25, 0.3) is 0 Å². The van der Waals surface area contributed by atoms with E-state index in [1.165, 1.54) is 0 Å². The lowest BCUT2D eigenvalue weighted by Gasteiger charge is -2.30. The molecule has 0 spiro atoms. The van der Waals surface area contributed by atoms with Crippen LogP contribution in [0.25, 0.3) is 0 Å². The van der Waals surface area contributed by atoms with Crippen molar-refractivity contribution >= 4 is 24.3 Å². The molecule has 1 unspecified atom stereocenters. The first-order valence-corrected chi connectivity index (χ1v) is 8.75. The zero-order valence-corrected chi connectivity index (χ0v) is 15.6. The fourth-order valence-corrected chi connectivity index (χ4v) is 2.90. The van der Waals surface area contributed by atoms with Gasteiger partial charge in [0.2, 0.25) is 6.41 Å². The Bertz CT molecular complexity index is 461. The van der Waals surface area contributed by atoms with Crippen molar-refractivity contribution in [1.82, 2.24) is 14.7 Å². The van der Waals surface area contributed by atoms with Crippen LogP contribution in [0.15, 0.2) is 0 Å². The summed E-state index contributed by atoms with van der Waals surface area (Å²) in [5, 5.41) is 27.5. The summed E-state index contributed by atoms with van der Waals surface area (Å²) in [6, 6.07) is -0.633. The molecule has 1 heterocycles. The first-order chi connectivity index (χ1) is 12.7. The topological polar surface area (TPSA) is 165 Å². The quantitative estimate of drug-likeness (QED) is 0.356. The second-order valence-corrected chi connectivity index (χ2v) is 6.15. The van der Waals surface area contributed by atoms with Crippen LogP contribution in [0, 0.1) is 0 Å². The van der Waals surface area contributed by atoms with Gasteiger partial charge in [-0.15, -0.1) is 0 Å². The second kappa shape index (κ2) is 13.9. The van der Waals surface area contributed by atoms with Gasteiger partial charge in [0, 0.05) is 39.3 Å². The molecular weight excluding hydrogens is 360 g/mol. The van der Waals surface area contributed by atoms with Gasteiger partial charge in [-0.2, -0.15) is 0 Å². The van der Waals surface area contributed by atoms with Crippen LogP contribution in [0.4, 0.5) is 0 Å². The van der Waals surface area contributed by atoms with Crippen molar-refractivity contribution in [3.05, 3.63) is 0 Å². The average Bonchev–Trinajstić information content (AvgIpc) is 2.64. The van der Waals surface area contributed by atoms with Crippen LogP contribution in [0.5, 0.6) is 0 Å². The molecule has 1 atom stereocenters. The Labute approximate surface area is 158 Å². The van der Waals surface area contributed by atoms with Gasteiger partial charge in [0.15, 0.2) is 0 Å². The Kier molecular flexibility index (Phi) is 12.7. The van der Waals surface area contributed by atoms with Gasteiger partial charge >= 0.3 is 17.9 Å². The molecule has 0 aromatic carbocycles. The van der Waals surface area contributed by atoms with Gasteiger partial charge in [-0.3, -0.25) is 33.9 Å². The van der Waals surface area contributed by atoms with E-state index in [-0.39, 0.29) is 19.5 Å². The molecule has 0 aromatic rings. The third-order valence-corrected chi connectivity index (χ3v) is 4.15. The highest BCUT2D eigenvalue weighted by Crippen LogP contribution is 2.10. The molecule has 0 saturated carbocycles. The van der Waals surface area contributed by atoms with E-state index in [9.17, 15) is 19.5 Å². The number of hydrogen-bond acceptors (Lipinski definition) is 7. The summed E-state index contributed by atoms with van der Waals surface area (Å²) in [5.41, 5.74) is 4.17. The van der Waals surface area contributed by atoms with Crippen LogP contribution < -0.4 is 5.73 Å². The number of aliphatic carboxylic acids is 3. The molecule has 0 aromatic heterocycles. The molecule has 1 saturated heterocycles. The number of rotatable bonds is 8. The third kappa shape index (κ3) is 11.2. The molecule has 5 N–H and O–H groups in total. The lowest BCUT2D eigenvalue weighted by atomic mass is 10.1. The van der Waals surface area contributed by atoms with Gasteiger partial charge in [-0.1, -0.05) is 13.3 Å². The number of carbonyl (C=O) groups excluding carboxylic acids is 1. The van der Waals surface area contributed by atoms with E-state index < -0.39 is 23.9 Å². The van der Waals surface area contributed by atoms with E-state index in [0.717, 1.165) is 6.42 Å². The van der Waals surface area contributed by atoms with E-state index >= 15 is 0 Å². The summed E-state index contributed by atoms with van der Waals surface area (Å²) in [6.07, 6.45) is 1.48. The zero-order valence-electron chi connectivity index (χ0n) is 15.6. The highest BCUT2D eigenvalue weighted by molar-refractivity contribution is 5.73. The molecule has 1 amide bonds. The molecule has 156 valence electrons. The maximum Gasteiger partial charge on any atom is 0.320 e. The molecule has 1 fully saturated rings. The van der Waals surface area contributed by atoms with Crippen molar-refractivity contribution in [3.63, 3.8) is 0 Å². The molecular formula is C16H30N4O7. The number of nitrogens with zero attached hydrogens (tertiary/aromatic N) is 3. The summed E-state index contributed by atoms with van der Waals surface area (Å²) in [5.74, 6) is -2.80. The minimum absolute atomic E-state index is 0.139. The Morgan fingerprint density at radius 2 is 1.30 bits per heavy atom. The maximum absolute atomic E-state index is 11.5. The fraction of sp³-hybridized carbons (Fsp3) is 0.750. The number of nitrogens with two attached hydrogens (primary N) is 1. The molecule has 27 heavy (non-hydrogen) atoms. The summed E-state index contributed by atoms with van der Waals surface area (Å²) >= 11 is 0. The molecule has 1 aliphatic rings. The van der Waals surface area contributed by atoms with Gasteiger partial charge in [-0.05, 0) is 6.42 Å². The van der Waals surface area contributed by atoms with E-state index in [0.29, 0.717) is 45.7 Å². The van der Waals surface area contributed by atoms with E-state index in [1.54, 1.807) is 9.80 Å². The number of carboxylic acid groups (broad SMARTS) is 3. The summed E-state index contributed by atoms with van der Waals surface area (Å²) < 4.78 is 0. The number of hydrogen-bond donors (Lipinski definition) is 4. The van der Waals surface area contributed by atoms with Crippen molar-refractivity contribution in [2.24, 2.45) is 5.73 Å². The molecule has 11 nitrogen and oxygen atoms in total. The van der Waals surface area contributed by atoms with Crippen LogP contribution in [0.2, 0.25) is 0 Å². The molecule has 1 rings (SSSR count). The predicted molar refractivity (Wildman–Crippen MR) is 96.3 cm³/mol. The molecule has 0 radical (unpaired) electrons. The van der Waals surface area contributed by atoms with Gasteiger partial charge in [-0.25, -0.2) is 0 Å². The van der Waals surface area contributed by atoms with Crippen LogP contribution in [-0.2, 0) is 19.2 Å². The summed E-state index contributed by atoms with van der Waals surface area (Å²) in [4.78, 5) is 47.3. The Morgan fingerprint density at radius 1 is 0.926 bits per heavy atom. The second-order valence-electron chi connectivity index (χ2n) is 6.15. The van der Waals surface area contributed by atoms with Gasteiger partial charge in [0.1, 0.15) is 6.04 Å². The summed E-state index contributed by atoms with van der Waals surface area (Å²) in [7, 11) is 0. The first-order valence-electron chi connectivity index (χ1n) is 8.75. The average molecular weight is 390 g/mol. The number of carboxylic acids is 3. The normalized spacial score (nSPS) is 18.1. The van der Waals surface area contributed by atoms with Crippen LogP contribution >= 0.6 is 0 Å². The molecule has 0 bridgehead atoms. The smallest absolute Gasteiger partial charge is 0.320 e. The Morgan fingerprint density at radius 3 is 1.59 bits per heavy atom. The van der Waals surface area contributed by atoms with E-state index in [4.69, 9.17) is 15.0 Å². The molecule has 11 heteroatoms. The Balaban J connectivity index is 0.00000210. The van der Waals surface area contributed by atoms with Crippen molar-refractivity contribution in [3.8, 4) is 0 Å². The zero-order chi connectivity index (χ0) is 20.8. The van der Waals surface area contributed by atoms with Crippen molar-refractivity contribution in [1.29, 1.82) is 0 Å². The van der Waals surface area contributed by atoms with Crippen LogP contribution in [0.3, 0.4) is 0 Å². The monoisotopic (exact) mass is 390 g/mol. The standard InChI is InChI=1S/C15H27N3O6.CH3NO/c1-2-3-12(15(23)24)18-8-6-16(10-13(19)20)4-5-17(7-9-18)11-14(21)22;2-1-3/h12H,2-11H2,1H3,(H,19,20)(H,21,22)(H,23,24);1H,(H2,2,3). The lowest BCUT2D eigenvalue weighted by Crippen LogP contribution is -2.47. The molecule has 1 aliphatic heterocycles. The van der Waals surface area contributed by atoms with Crippen molar-refractivity contribution < 1.29 is 34.5 Å². The van der Waals surface area contributed by atoms with Crippen molar-refractivity contribution in [2.75, 3.05) is 52.4 Å². The van der Waals surface area contributed by atoms with E-state index in [2.05, 4.69) is 5.73 Å².